The van der Waals surface area contributed by atoms with E-state index in [0.29, 0.717) is 26.1 Å². The van der Waals surface area contributed by atoms with E-state index in [1.807, 2.05) is 4.90 Å². The third-order valence-electron chi connectivity index (χ3n) is 5.06. The number of hydrogen-bond donors (Lipinski definition) is 1. The molecule has 0 bridgehead atoms. The Morgan fingerprint density at radius 1 is 1.08 bits per heavy atom. The molecule has 0 saturated carbocycles. The molecule has 1 aromatic carbocycles. The molecule has 1 atom stereocenters. The van der Waals surface area contributed by atoms with Crippen LogP contribution in [0.4, 0.5) is 0 Å². The highest BCUT2D eigenvalue weighted by Crippen LogP contribution is 2.24. The van der Waals surface area contributed by atoms with Crippen molar-refractivity contribution >= 4 is 11.8 Å². The van der Waals surface area contributed by atoms with Crippen molar-refractivity contribution in [3.8, 4) is 0 Å². The van der Waals surface area contributed by atoms with Gasteiger partial charge < -0.3 is 10.2 Å². The van der Waals surface area contributed by atoms with Crippen molar-refractivity contribution in [2.24, 2.45) is 5.92 Å². The van der Waals surface area contributed by atoms with Crippen LogP contribution in [0.25, 0.3) is 0 Å². The topological polar surface area (TPSA) is 52.7 Å². The van der Waals surface area contributed by atoms with Gasteiger partial charge in [-0.05, 0) is 23.5 Å². The maximum atomic E-state index is 13.2. The molecule has 0 radical (unpaired) electrons. The van der Waals surface area contributed by atoms with Crippen LogP contribution in [0, 0.1) is 5.92 Å². The van der Waals surface area contributed by atoms with Crippen LogP contribution in [0.5, 0.6) is 0 Å². The Bertz CT molecular complexity index is 614. The van der Waals surface area contributed by atoms with Gasteiger partial charge in [-0.3, -0.25) is 14.5 Å². The fourth-order valence-corrected chi connectivity index (χ4v) is 3.79. The van der Waals surface area contributed by atoms with Crippen LogP contribution in [0.1, 0.15) is 31.4 Å². The molecule has 130 valence electrons. The summed E-state index contributed by atoms with van der Waals surface area (Å²) in [5.41, 5.74) is 2.73. The largest absolute Gasteiger partial charge is 0.354 e. The SMILES string of the molecule is CC(C)[C@H](C(=O)N1CCNC(=O)CC1)N1CCc2ccccc2C1. The highest BCUT2D eigenvalue weighted by molar-refractivity contribution is 5.84. The molecule has 2 heterocycles. The van der Waals surface area contributed by atoms with Gasteiger partial charge in [0.15, 0.2) is 0 Å². The first-order valence-corrected chi connectivity index (χ1v) is 8.92. The van der Waals surface area contributed by atoms with Crippen molar-refractivity contribution in [1.29, 1.82) is 0 Å². The summed E-state index contributed by atoms with van der Waals surface area (Å²) in [5.74, 6) is 0.453. The minimum Gasteiger partial charge on any atom is -0.354 e. The minimum absolute atomic E-state index is 0.0401. The van der Waals surface area contributed by atoms with E-state index in [9.17, 15) is 9.59 Å². The standard InChI is InChI=1S/C19H27N3O2/c1-14(2)18(19(24)21-11-8-17(23)20-9-12-21)22-10-7-15-5-3-4-6-16(15)13-22/h3-6,14,18H,7-13H2,1-2H3,(H,20,23)/t18-/m1/s1. The number of benzene rings is 1. The van der Waals surface area contributed by atoms with Crippen LogP contribution in [0.3, 0.4) is 0 Å². The quantitative estimate of drug-likeness (QED) is 0.912. The van der Waals surface area contributed by atoms with Gasteiger partial charge >= 0.3 is 0 Å². The highest BCUT2D eigenvalue weighted by atomic mass is 16.2. The van der Waals surface area contributed by atoms with Gasteiger partial charge in [-0.15, -0.1) is 0 Å². The second kappa shape index (κ2) is 7.34. The molecule has 24 heavy (non-hydrogen) atoms. The third-order valence-corrected chi connectivity index (χ3v) is 5.06. The number of amides is 2. The molecule has 2 amide bonds. The van der Waals surface area contributed by atoms with Gasteiger partial charge in [0, 0.05) is 39.1 Å². The second-order valence-corrected chi connectivity index (χ2v) is 7.10. The van der Waals surface area contributed by atoms with Gasteiger partial charge in [0.2, 0.25) is 11.8 Å². The Kier molecular flexibility index (Phi) is 5.19. The molecule has 5 heteroatoms. The molecule has 1 N–H and O–H groups in total. The molecular formula is C19H27N3O2. The normalized spacial score (nSPS) is 20.3. The van der Waals surface area contributed by atoms with E-state index >= 15 is 0 Å². The predicted molar refractivity (Wildman–Crippen MR) is 93.4 cm³/mol. The number of nitrogens with zero attached hydrogens (tertiary/aromatic N) is 2. The van der Waals surface area contributed by atoms with Gasteiger partial charge in [-0.1, -0.05) is 38.1 Å². The minimum atomic E-state index is -0.119. The summed E-state index contributed by atoms with van der Waals surface area (Å²) in [7, 11) is 0. The van der Waals surface area contributed by atoms with Gasteiger partial charge in [0.1, 0.15) is 0 Å². The third kappa shape index (κ3) is 3.61. The zero-order chi connectivity index (χ0) is 17.1. The van der Waals surface area contributed by atoms with E-state index in [-0.39, 0.29) is 23.8 Å². The van der Waals surface area contributed by atoms with E-state index in [1.165, 1.54) is 11.1 Å². The molecule has 0 spiro atoms. The first-order chi connectivity index (χ1) is 11.6. The van der Waals surface area contributed by atoms with Crippen molar-refractivity contribution in [2.45, 2.75) is 39.3 Å². The van der Waals surface area contributed by atoms with Crippen LogP contribution in [0.2, 0.25) is 0 Å². The monoisotopic (exact) mass is 329 g/mol. The molecular weight excluding hydrogens is 302 g/mol. The van der Waals surface area contributed by atoms with E-state index in [2.05, 4.69) is 48.3 Å². The average molecular weight is 329 g/mol. The average Bonchev–Trinajstić information content (AvgIpc) is 2.79. The summed E-state index contributed by atoms with van der Waals surface area (Å²) in [4.78, 5) is 28.9. The Hall–Kier alpha value is -1.88. The maximum Gasteiger partial charge on any atom is 0.240 e. The van der Waals surface area contributed by atoms with Gasteiger partial charge in [0.05, 0.1) is 6.04 Å². The van der Waals surface area contributed by atoms with Crippen molar-refractivity contribution in [3.05, 3.63) is 35.4 Å². The van der Waals surface area contributed by atoms with Crippen LogP contribution >= 0.6 is 0 Å². The molecule has 0 aromatic heterocycles. The fourth-order valence-electron chi connectivity index (χ4n) is 3.79. The zero-order valence-corrected chi connectivity index (χ0v) is 14.6. The lowest BCUT2D eigenvalue weighted by Gasteiger charge is -2.39. The molecule has 2 aliphatic heterocycles. The van der Waals surface area contributed by atoms with Crippen molar-refractivity contribution in [3.63, 3.8) is 0 Å². The Morgan fingerprint density at radius 2 is 1.83 bits per heavy atom. The maximum absolute atomic E-state index is 13.2. The Balaban J connectivity index is 1.75. The van der Waals surface area contributed by atoms with Gasteiger partial charge in [-0.25, -0.2) is 0 Å². The number of nitrogens with one attached hydrogen (secondary N) is 1. The molecule has 0 unspecified atom stereocenters. The molecule has 1 fully saturated rings. The highest BCUT2D eigenvalue weighted by Gasteiger charge is 2.34. The van der Waals surface area contributed by atoms with Gasteiger partial charge in [0.25, 0.3) is 0 Å². The van der Waals surface area contributed by atoms with Crippen molar-refractivity contribution in [1.82, 2.24) is 15.1 Å². The molecule has 3 rings (SSSR count). The number of rotatable bonds is 3. The predicted octanol–water partition coefficient (Wildman–Crippen LogP) is 1.42. The summed E-state index contributed by atoms with van der Waals surface area (Å²) < 4.78 is 0. The molecule has 1 saturated heterocycles. The number of hydrogen-bond acceptors (Lipinski definition) is 3. The first-order valence-electron chi connectivity index (χ1n) is 8.92. The Morgan fingerprint density at radius 3 is 2.58 bits per heavy atom. The van der Waals surface area contributed by atoms with Crippen LogP contribution in [0.15, 0.2) is 24.3 Å². The summed E-state index contributed by atoms with van der Waals surface area (Å²) in [6.07, 6.45) is 1.39. The molecule has 5 nitrogen and oxygen atoms in total. The van der Waals surface area contributed by atoms with E-state index in [0.717, 1.165) is 19.5 Å². The lowest BCUT2D eigenvalue weighted by molar-refractivity contribution is -0.139. The summed E-state index contributed by atoms with van der Waals surface area (Å²) in [6, 6.07) is 8.39. The Labute approximate surface area is 144 Å². The van der Waals surface area contributed by atoms with Crippen LogP contribution in [-0.2, 0) is 22.6 Å². The summed E-state index contributed by atoms with van der Waals surface area (Å²) in [6.45, 7) is 7.66. The molecule has 2 aliphatic rings. The molecule has 0 aliphatic carbocycles. The number of fused-ring (bicyclic) bond motifs is 1. The summed E-state index contributed by atoms with van der Waals surface area (Å²) in [5, 5.41) is 2.84. The van der Waals surface area contributed by atoms with Crippen LogP contribution < -0.4 is 5.32 Å². The second-order valence-electron chi connectivity index (χ2n) is 7.10. The van der Waals surface area contributed by atoms with E-state index < -0.39 is 0 Å². The summed E-state index contributed by atoms with van der Waals surface area (Å²) >= 11 is 0. The smallest absolute Gasteiger partial charge is 0.240 e. The van der Waals surface area contributed by atoms with E-state index in [1.54, 1.807) is 0 Å². The lowest BCUT2D eigenvalue weighted by atomic mass is 9.94. The zero-order valence-electron chi connectivity index (χ0n) is 14.6. The first kappa shape index (κ1) is 17.0. The van der Waals surface area contributed by atoms with Gasteiger partial charge in [-0.2, -0.15) is 0 Å². The number of carbonyl (C=O) groups excluding carboxylic acids is 2. The number of carbonyl (C=O) groups is 2. The van der Waals surface area contributed by atoms with E-state index in [4.69, 9.17) is 0 Å². The van der Waals surface area contributed by atoms with Crippen molar-refractivity contribution in [2.75, 3.05) is 26.2 Å². The molecule has 1 aromatic rings. The lowest BCUT2D eigenvalue weighted by Crippen LogP contribution is -2.53. The van der Waals surface area contributed by atoms with Crippen molar-refractivity contribution < 1.29 is 9.59 Å². The van der Waals surface area contributed by atoms with Crippen LogP contribution in [-0.4, -0.2) is 53.8 Å². The fraction of sp³-hybridized carbons (Fsp3) is 0.579.